The van der Waals surface area contributed by atoms with Gasteiger partial charge in [-0.15, -0.1) is 0 Å². The molecule has 0 aromatic heterocycles. The van der Waals surface area contributed by atoms with Crippen molar-refractivity contribution in [3.8, 4) is 0 Å². The lowest BCUT2D eigenvalue weighted by molar-refractivity contribution is 0.320. The summed E-state index contributed by atoms with van der Waals surface area (Å²) in [7, 11) is 0. The molecule has 2 atom stereocenters. The first-order chi connectivity index (χ1) is 6.25. The summed E-state index contributed by atoms with van der Waals surface area (Å²) < 4.78 is 21.7. The van der Waals surface area contributed by atoms with Crippen molar-refractivity contribution in [1.82, 2.24) is 4.31 Å². The van der Waals surface area contributed by atoms with Gasteiger partial charge in [0.15, 0.2) is 0 Å². The molecule has 0 saturated carbocycles. The van der Waals surface area contributed by atoms with E-state index >= 15 is 0 Å². The van der Waals surface area contributed by atoms with E-state index in [4.69, 9.17) is 4.55 Å². The lowest BCUT2D eigenvalue weighted by Gasteiger charge is -2.31. The number of hydrogen-bond acceptors (Lipinski definition) is 2. The third kappa shape index (κ3) is 3.58. The zero-order chi connectivity index (χ0) is 9.68. The molecule has 0 spiro atoms. The van der Waals surface area contributed by atoms with E-state index in [9.17, 15) is 4.21 Å². The summed E-state index contributed by atoms with van der Waals surface area (Å²) in [6.45, 7) is 2.90. The van der Waals surface area contributed by atoms with Crippen LogP contribution in [0.5, 0.6) is 0 Å². The average molecular weight is 223 g/mol. The maximum absolute atomic E-state index is 11.0. The molecule has 1 aliphatic heterocycles. The quantitative estimate of drug-likeness (QED) is 0.738. The van der Waals surface area contributed by atoms with E-state index in [1.807, 2.05) is 11.8 Å². The van der Waals surface area contributed by atoms with Crippen molar-refractivity contribution < 1.29 is 8.76 Å². The van der Waals surface area contributed by atoms with E-state index < -0.39 is 11.3 Å². The maximum atomic E-state index is 11.0. The van der Waals surface area contributed by atoms with Gasteiger partial charge in [-0.25, -0.2) is 4.21 Å². The van der Waals surface area contributed by atoms with Crippen molar-refractivity contribution in [2.75, 3.05) is 18.1 Å². The molecule has 3 nitrogen and oxygen atoms in total. The van der Waals surface area contributed by atoms with Gasteiger partial charge >= 0.3 is 0 Å². The van der Waals surface area contributed by atoms with Gasteiger partial charge in [0.1, 0.15) is 0 Å². The van der Waals surface area contributed by atoms with E-state index in [1.54, 1.807) is 4.31 Å². The van der Waals surface area contributed by atoms with Crippen LogP contribution in [0.25, 0.3) is 0 Å². The number of hydrogen-bond donors (Lipinski definition) is 1. The second-order valence-electron chi connectivity index (χ2n) is 3.24. The number of rotatable bonds is 4. The van der Waals surface area contributed by atoms with Crippen LogP contribution in [-0.2, 0) is 11.3 Å². The summed E-state index contributed by atoms with van der Waals surface area (Å²) in [4.78, 5) is 0. The molecular formula is C8H17NO2S2. The summed E-state index contributed by atoms with van der Waals surface area (Å²) in [5.74, 6) is 1.99. The molecule has 5 heteroatoms. The summed E-state index contributed by atoms with van der Waals surface area (Å²) in [5, 5.41) is 0. The van der Waals surface area contributed by atoms with Crippen LogP contribution in [0.4, 0.5) is 0 Å². The molecule has 2 unspecified atom stereocenters. The van der Waals surface area contributed by atoms with Crippen LogP contribution in [0.3, 0.4) is 0 Å². The minimum absolute atomic E-state index is 0.310. The molecule has 0 radical (unpaired) electrons. The molecule has 1 saturated heterocycles. The fourth-order valence-electron chi connectivity index (χ4n) is 1.51. The van der Waals surface area contributed by atoms with Gasteiger partial charge in [-0.05, 0) is 6.42 Å². The summed E-state index contributed by atoms with van der Waals surface area (Å²) >= 11 is 0.122. The predicted octanol–water partition coefficient (Wildman–Crippen LogP) is 1.73. The van der Waals surface area contributed by atoms with Crippen LogP contribution in [-0.4, -0.2) is 37.2 Å². The molecule has 1 rings (SSSR count). The van der Waals surface area contributed by atoms with Crippen molar-refractivity contribution in [2.24, 2.45) is 0 Å². The Hall–Kier alpha value is 0.420. The topological polar surface area (TPSA) is 40.5 Å². The van der Waals surface area contributed by atoms with E-state index in [0.29, 0.717) is 6.04 Å². The van der Waals surface area contributed by atoms with Crippen LogP contribution in [0.15, 0.2) is 0 Å². The third-order valence-corrected chi connectivity index (χ3v) is 4.24. The minimum atomic E-state index is -1.77. The fourth-order valence-corrected chi connectivity index (χ4v) is 3.52. The Labute approximate surface area is 86.7 Å². The van der Waals surface area contributed by atoms with Crippen molar-refractivity contribution in [1.29, 1.82) is 0 Å². The highest BCUT2D eigenvalue weighted by Gasteiger charge is 2.25. The van der Waals surface area contributed by atoms with Gasteiger partial charge in [-0.3, -0.25) is 4.55 Å². The summed E-state index contributed by atoms with van der Waals surface area (Å²) in [5.41, 5.74) is 0. The molecular weight excluding hydrogens is 206 g/mol. The second-order valence-corrected chi connectivity index (χ2v) is 5.32. The smallest absolute Gasteiger partial charge is 0.234 e. The van der Waals surface area contributed by atoms with E-state index in [1.165, 1.54) is 0 Å². The van der Waals surface area contributed by atoms with E-state index in [0.717, 1.165) is 37.3 Å². The van der Waals surface area contributed by atoms with E-state index in [-0.39, 0.29) is 0 Å². The molecule has 1 fully saturated rings. The SMILES string of the molecule is CCCCC1CSCCN1S(=O)O. The minimum Gasteiger partial charge on any atom is -0.294 e. The van der Waals surface area contributed by atoms with Crippen LogP contribution < -0.4 is 0 Å². The Bertz CT molecular complexity index is 178. The fraction of sp³-hybridized carbons (Fsp3) is 1.00. The van der Waals surface area contributed by atoms with Gasteiger partial charge in [0, 0.05) is 24.1 Å². The van der Waals surface area contributed by atoms with Crippen LogP contribution in [0.2, 0.25) is 0 Å². The highest BCUT2D eigenvalue weighted by Crippen LogP contribution is 2.21. The zero-order valence-electron chi connectivity index (χ0n) is 7.94. The lowest BCUT2D eigenvalue weighted by atomic mass is 10.1. The molecule has 0 bridgehead atoms. The highest BCUT2D eigenvalue weighted by atomic mass is 32.2. The van der Waals surface area contributed by atoms with Crippen molar-refractivity contribution in [3.05, 3.63) is 0 Å². The first kappa shape index (κ1) is 11.5. The summed E-state index contributed by atoms with van der Waals surface area (Å²) in [6, 6.07) is 0.310. The Balaban J connectivity index is 2.41. The molecule has 1 heterocycles. The van der Waals surface area contributed by atoms with Crippen molar-refractivity contribution >= 4 is 23.0 Å². The van der Waals surface area contributed by atoms with Gasteiger partial charge in [0.2, 0.25) is 11.3 Å². The number of thioether (sulfide) groups is 1. The molecule has 0 amide bonds. The Morgan fingerprint density at radius 3 is 3.08 bits per heavy atom. The number of nitrogens with zero attached hydrogens (tertiary/aromatic N) is 1. The zero-order valence-corrected chi connectivity index (χ0v) is 9.57. The normalized spacial score (nSPS) is 27.4. The van der Waals surface area contributed by atoms with Gasteiger partial charge in [0.05, 0.1) is 0 Å². The average Bonchev–Trinajstić information content (AvgIpc) is 2.15. The molecule has 0 aliphatic carbocycles. The van der Waals surface area contributed by atoms with E-state index in [2.05, 4.69) is 6.92 Å². The first-order valence-electron chi connectivity index (χ1n) is 4.71. The number of unbranched alkanes of at least 4 members (excludes halogenated alkanes) is 1. The Morgan fingerprint density at radius 1 is 1.69 bits per heavy atom. The molecule has 0 aromatic rings. The van der Waals surface area contributed by atoms with Gasteiger partial charge in [0.25, 0.3) is 0 Å². The molecule has 1 N–H and O–H groups in total. The third-order valence-electron chi connectivity index (χ3n) is 2.27. The van der Waals surface area contributed by atoms with Crippen LogP contribution >= 0.6 is 11.8 Å². The van der Waals surface area contributed by atoms with Crippen LogP contribution in [0, 0.1) is 0 Å². The van der Waals surface area contributed by atoms with Gasteiger partial charge < -0.3 is 0 Å². The highest BCUT2D eigenvalue weighted by molar-refractivity contribution is 7.99. The Morgan fingerprint density at radius 2 is 2.46 bits per heavy atom. The molecule has 1 aliphatic rings. The second kappa shape index (κ2) is 6.01. The molecule has 0 aromatic carbocycles. The lowest BCUT2D eigenvalue weighted by Crippen LogP contribution is -2.43. The predicted molar refractivity (Wildman–Crippen MR) is 58.1 cm³/mol. The summed E-state index contributed by atoms with van der Waals surface area (Å²) in [6.07, 6.45) is 3.36. The first-order valence-corrected chi connectivity index (χ1v) is 6.93. The Kier molecular flexibility index (Phi) is 5.31. The maximum Gasteiger partial charge on any atom is 0.234 e. The largest absolute Gasteiger partial charge is 0.294 e. The molecule has 78 valence electrons. The monoisotopic (exact) mass is 223 g/mol. The molecule has 13 heavy (non-hydrogen) atoms. The van der Waals surface area contributed by atoms with Crippen molar-refractivity contribution in [3.63, 3.8) is 0 Å². The van der Waals surface area contributed by atoms with Gasteiger partial charge in [-0.2, -0.15) is 16.1 Å². The standard InChI is InChI=1S/C8H17NO2S2/c1-2-3-4-8-7-12-6-5-9(8)13(10)11/h8H,2-7H2,1H3,(H,10,11). The van der Waals surface area contributed by atoms with Gasteiger partial charge in [-0.1, -0.05) is 19.8 Å². The van der Waals surface area contributed by atoms with Crippen molar-refractivity contribution in [2.45, 2.75) is 32.2 Å². The van der Waals surface area contributed by atoms with Crippen LogP contribution in [0.1, 0.15) is 26.2 Å².